The van der Waals surface area contributed by atoms with Crippen LogP contribution < -0.4 is 10.6 Å². The Morgan fingerprint density at radius 1 is 1.07 bits per heavy atom. The average molecular weight is 389 g/mol. The van der Waals surface area contributed by atoms with Crippen molar-refractivity contribution in [2.24, 2.45) is 5.92 Å². The summed E-state index contributed by atoms with van der Waals surface area (Å²) in [5, 5.41) is 4.38. The Labute approximate surface area is 162 Å². The van der Waals surface area contributed by atoms with E-state index in [-0.39, 0.29) is 17.0 Å². The topological polar surface area (TPSA) is 122 Å². The molecule has 1 aliphatic heterocycles. The summed E-state index contributed by atoms with van der Waals surface area (Å²) in [6.45, 7) is 4.83. The highest BCUT2D eigenvalue weighted by Crippen LogP contribution is 2.28. The van der Waals surface area contributed by atoms with Crippen LogP contribution in [-0.2, 0) is 14.3 Å². The number of urea groups is 1. The maximum atomic E-state index is 12.7. The number of rotatable bonds is 7. The molecule has 0 bridgehead atoms. The molecule has 150 valence electrons. The molecule has 1 heterocycles. The van der Waals surface area contributed by atoms with Gasteiger partial charge in [0.1, 0.15) is 6.04 Å². The van der Waals surface area contributed by atoms with Gasteiger partial charge in [0.05, 0.1) is 11.1 Å². The van der Waals surface area contributed by atoms with Gasteiger partial charge >= 0.3 is 12.0 Å². The monoisotopic (exact) mass is 389 g/mol. The highest BCUT2D eigenvalue weighted by Gasteiger charge is 2.45. The van der Waals surface area contributed by atoms with Crippen molar-refractivity contribution in [3.05, 3.63) is 35.4 Å². The third-order valence-corrected chi connectivity index (χ3v) is 4.46. The number of benzene rings is 1. The van der Waals surface area contributed by atoms with Crippen molar-refractivity contribution in [3.8, 4) is 0 Å². The number of hydrogen-bond acceptors (Lipinski definition) is 6. The Kier molecular flexibility index (Phi) is 6.86. The van der Waals surface area contributed by atoms with E-state index in [1.807, 2.05) is 12.2 Å². The molecule has 1 aromatic rings. The van der Waals surface area contributed by atoms with E-state index >= 15 is 0 Å². The fraction of sp³-hybridized carbons (Fsp3) is 0.421. The van der Waals surface area contributed by atoms with Crippen molar-refractivity contribution in [2.75, 3.05) is 13.2 Å². The highest BCUT2D eigenvalue weighted by molar-refractivity contribution is 6.22. The lowest BCUT2D eigenvalue weighted by molar-refractivity contribution is -0.153. The molecular weight excluding hydrogens is 366 g/mol. The van der Waals surface area contributed by atoms with Crippen LogP contribution in [0.4, 0.5) is 4.79 Å². The Hall–Kier alpha value is -3.23. The lowest BCUT2D eigenvalue weighted by Gasteiger charge is -2.28. The summed E-state index contributed by atoms with van der Waals surface area (Å²) < 4.78 is 5.00. The number of nitrogens with zero attached hydrogens (tertiary/aromatic N) is 1. The van der Waals surface area contributed by atoms with E-state index < -0.39 is 42.4 Å². The van der Waals surface area contributed by atoms with E-state index in [1.54, 1.807) is 26.0 Å². The summed E-state index contributed by atoms with van der Waals surface area (Å²) in [6.07, 6.45) is 0.498. The first-order chi connectivity index (χ1) is 13.3. The smallest absolute Gasteiger partial charge is 0.330 e. The molecule has 0 spiro atoms. The molecule has 1 aromatic carbocycles. The SMILES string of the molecule is CCNC(=O)NC(=O)COC(=O)[C@H]([C@@H](C)CC)N1C(=O)c2ccccc2C1=O. The lowest BCUT2D eigenvalue weighted by atomic mass is 9.97. The van der Waals surface area contributed by atoms with Crippen LogP contribution in [0.3, 0.4) is 0 Å². The minimum Gasteiger partial charge on any atom is -0.454 e. The first-order valence-corrected chi connectivity index (χ1v) is 9.03. The van der Waals surface area contributed by atoms with Crippen LogP contribution in [0.5, 0.6) is 0 Å². The third kappa shape index (κ3) is 4.36. The van der Waals surface area contributed by atoms with Crippen LogP contribution >= 0.6 is 0 Å². The molecule has 0 radical (unpaired) electrons. The van der Waals surface area contributed by atoms with Gasteiger partial charge in [0, 0.05) is 6.54 Å². The second-order valence-electron chi connectivity index (χ2n) is 6.37. The van der Waals surface area contributed by atoms with Crippen LogP contribution in [0.2, 0.25) is 0 Å². The molecule has 0 aliphatic carbocycles. The summed E-state index contributed by atoms with van der Waals surface area (Å²) in [6, 6.07) is 4.44. The number of amides is 5. The molecule has 2 N–H and O–H groups in total. The van der Waals surface area contributed by atoms with Gasteiger partial charge in [-0.15, -0.1) is 0 Å². The zero-order valence-corrected chi connectivity index (χ0v) is 16.0. The first kappa shape index (κ1) is 21.1. The molecule has 0 aromatic heterocycles. The number of nitrogens with one attached hydrogen (secondary N) is 2. The van der Waals surface area contributed by atoms with Gasteiger partial charge in [0.25, 0.3) is 17.7 Å². The summed E-state index contributed by atoms with van der Waals surface area (Å²) in [7, 11) is 0. The van der Waals surface area contributed by atoms with Crippen molar-refractivity contribution in [2.45, 2.75) is 33.2 Å². The molecule has 5 amide bonds. The van der Waals surface area contributed by atoms with Gasteiger partial charge in [-0.05, 0) is 25.0 Å². The second-order valence-corrected chi connectivity index (χ2v) is 6.37. The van der Waals surface area contributed by atoms with Crippen LogP contribution in [0, 0.1) is 5.92 Å². The molecule has 2 rings (SSSR count). The van der Waals surface area contributed by atoms with Crippen LogP contribution in [0.15, 0.2) is 24.3 Å². The maximum Gasteiger partial charge on any atom is 0.330 e. The Balaban J connectivity index is 2.13. The minimum atomic E-state index is -1.17. The normalized spacial score (nSPS) is 14.9. The second kappa shape index (κ2) is 9.12. The van der Waals surface area contributed by atoms with E-state index in [9.17, 15) is 24.0 Å². The molecular formula is C19H23N3O6. The quantitative estimate of drug-likeness (QED) is 0.532. The molecule has 0 fully saturated rings. The van der Waals surface area contributed by atoms with Crippen molar-refractivity contribution in [1.82, 2.24) is 15.5 Å². The first-order valence-electron chi connectivity index (χ1n) is 9.03. The number of fused-ring (bicyclic) bond motifs is 1. The Morgan fingerprint density at radius 3 is 2.14 bits per heavy atom. The Morgan fingerprint density at radius 2 is 1.64 bits per heavy atom. The van der Waals surface area contributed by atoms with Gasteiger partial charge in [0.2, 0.25) is 0 Å². The minimum absolute atomic E-state index is 0.225. The molecule has 1 aliphatic rings. The highest BCUT2D eigenvalue weighted by atomic mass is 16.5. The number of carbonyl (C=O) groups excluding carboxylic acids is 5. The predicted octanol–water partition coefficient (Wildman–Crippen LogP) is 1.09. The molecule has 0 saturated heterocycles. The fourth-order valence-corrected chi connectivity index (χ4v) is 2.87. The summed E-state index contributed by atoms with van der Waals surface area (Å²) in [5.74, 6) is -3.23. The predicted molar refractivity (Wildman–Crippen MR) is 98.4 cm³/mol. The Bertz CT molecular complexity index is 772. The van der Waals surface area contributed by atoms with Gasteiger partial charge in [-0.2, -0.15) is 0 Å². The molecule has 28 heavy (non-hydrogen) atoms. The van der Waals surface area contributed by atoms with Crippen LogP contribution in [-0.4, -0.2) is 53.8 Å². The van der Waals surface area contributed by atoms with Gasteiger partial charge < -0.3 is 10.1 Å². The van der Waals surface area contributed by atoms with Crippen molar-refractivity contribution >= 4 is 29.7 Å². The van der Waals surface area contributed by atoms with Crippen molar-refractivity contribution < 1.29 is 28.7 Å². The number of esters is 1. The van der Waals surface area contributed by atoms with E-state index in [4.69, 9.17) is 4.74 Å². The molecule has 0 saturated carbocycles. The van der Waals surface area contributed by atoms with Crippen LogP contribution in [0.1, 0.15) is 47.9 Å². The fourth-order valence-electron chi connectivity index (χ4n) is 2.87. The molecule has 9 heteroatoms. The molecule has 9 nitrogen and oxygen atoms in total. The van der Waals surface area contributed by atoms with E-state index in [2.05, 4.69) is 5.32 Å². The number of imide groups is 2. The van der Waals surface area contributed by atoms with Crippen molar-refractivity contribution in [1.29, 1.82) is 0 Å². The maximum absolute atomic E-state index is 12.7. The summed E-state index contributed by atoms with van der Waals surface area (Å²) in [4.78, 5) is 62.0. The van der Waals surface area contributed by atoms with Crippen molar-refractivity contribution in [3.63, 3.8) is 0 Å². The van der Waals surface area contributed by atoms with Gasteiger partial charge in [-0.3, -0.25) is 24.6 Å². The largest absolute Gasteiger partial charge is 0.454 e. The zero-order chi connectivity index (χ0) is 20.8. The number of carbonyl (C=O) groups is 5. The number of hydrogen-bond donors (Lipinski definition) is 2. The van der Waals surface area contributed by atoms with E-state index in [0.717, 1.165) is 4.90 Å². The van der Waals surface area contributed by atoms with E-state index in [0.29, 0.717) is 13.0 Å². The standard InChI is InChI=1S/C19H23N3O6/c1-4-11(3)15(18(26)28-10-14(23)21-19(27)20-5-2)22-16(24)12-8-6-7-9-13(12)17(22)25/h6-9,11,15H,4-5,10H2,1-3H3,(H2,20,21,23,27)/t11-,15-/m0/s1. The summed E-state index contributed by atoms with van der Waals surface area (Å²) >= 11 is 0. The van der Waals surface area contributed by atoms with Gasteiger partial charge in [-0.1, -0.05) is 32.4 Å². The number of ether oxygens (including phenoxy) is 1. The van der Waals surface area contributed by atoms with Gasteiger partial charge in [-0.25, -0.2) is 9.59 Å². The summed E-state index contributed by atoms with van der Waals surface area (Å²) in [5.41, 5.74) is 0.449. The zero-order valence-electron chi connectivity index (χ0n) is 16.0. The van der Waals surface area contributed by atoms with E-state index in [1.165, 1.54) is 12.1 Å². The molecule has 0 unspecified atom stereocenters. The van der Waals surface area contributed by atoms with Gasteiger partial charge in [0.15, 0.2) is 6.61 Å². The van der Waals surface area contributed by atoms with Crippen LogP contribution in [0.25, 0.3) is 0 Å². The lowest BCUT2D eigenvalue weighted by Crippen LogP contribution is -2.50. The average Bonchev–Trinajstić information content (AvgIpc) is 2.92. The molecule has 2 atom stereocenters. The third-order valence-electron chi connectivity index (χ3n) is 4.46.